The highest BCUT2D eigenvalue weighted by Crippen LogP contribution is 2.50. The van der Waals surface area contributed by atoms with E-state index in [9.17, 15) is 10.2 Å². The van der Waals surface area contributed by atoms with Crippen molar-refractivity contribution < 1.29 is 14.6 Å². The van der Waals surface area contributed by atoms with Crippen molar-refractivity contribution in [2.45, 2.75) is 110 Å². The average molecular weight is 557 g/mol. The summed E-state index contributed by atoms with van der Waals surface area (Å²) >= 11 is 0. The Morgan fingerprint density at radius 1 is 0.800 bits per heavy atom. The maximum Gasteiger partial charge on any atom is 0.186 e. The lowest BCUT2D eigenvalue weighted by Crippen LogP contribution is -2.28. The zero-order chi connectivity index (χ0) is 28.7. The first kappa shape index (κ1) is 28.9. The monoisotopic (exact) mass is 556 g/mol. The van der Waals surface area contributed by atoms with E-state index in [0.29, 0.717) is 11.5 Å². The van der Waals surface area contributed by atoms with Crippen LogP contribution < -0.4 is 0 Å². The van der Waals surface area contributed by atoms with Crippen LogP contribution in [0.15, 0.2) is 36.4 Å². The van der Waals surface area contributed by atoms with Crippen LogP contribution in [0.2, 0.25) is 19.1 Å². The smallest absolute Gasteiger partial charge is 0.186 e. The minimum atomic E-state index is -1.61. The van der Waals surface area contributed by atoms with Crippen LogP contribution in [0.3, 0.4) is 0 Å². The zero-order valence-corrected chi connectivity index (χ0v) is 26.5. The molecule has 2 aliphatic rings. The fourth-order valence-electron chi connectivity index (χ4n) is 6.72. The highest BCUT2D eigenvalue weighted by molar-refractivity contribution is 6.71. The summed E-state index contributed by atoms with van der Waals surface area (Å²) in [6, 6.07) is 14.3. The van der Waals surface area contributed by atoms with Gasteiger partial charge in [0.2, 0.25) is 0 Å². The maximum atomic E-state index is 12.2. The van der Waals surface area contributed by atoms with E-state index in [1.807, 2.05) is 13.2 Å². The van der Waals surface area contributed by atoms with Crippen molar-refractivity contribution in [3.8, 4) is 33.8 Å². The van der Waals surface area contributed by atoms with Gasteiger partial charge in [0.15, 0.2) is 8.32 Å². The highest BCUT2D eigenvalue weighted by Gasteiger charge is 2.28. The second-order valence-electron chi connectivity index (χ2n) is 13.8. The summed E-state index contributed by atoms with van der Waals surface area (Å²) in [7, 11) is 0.239. The normalized spacial score (nSPS) is 15.6. The molecule has 4 heteroatoms. The number of rotatable bonds is 7. The summed E-state index contributed by atoms with van der Waals surface area (Å²) in [5.41, 5.74) is 11.5. The average Bonchev–Trinajstić information content (AvgIpc) is 2.92. The van der Waals surface area contributed by atoms with Crippen molar-refractivity contribution in [2.24, 2.45) is 0 Å². The molecule has 0 radical (unpaired) electrons. The van der Waals surface area contributed by atoms with Gasteiger partial charge in [-0.1, -0.05) is 45.0 Å². The number of phenols is 2. The molecule has 5 rings (SSSR count). The molecule has 2 aliphatic carbocycles. The minimum Gasteiger partial charge on any atom is -0.507 e. The van der Waals surface area contributed by atoms with Crippen LogP contribution in [0.4, 0.5) is 0 Å². The van der Waals surface area contributed by atoms with E-state index in [0.717, 1.165) is 79.7 Å². The first-order valence-corrected chi connectivity index (χ1v) is 18.5. The molecular weight excluding hydrogens is 508 g/mol. The van der Waals surface area contributed by atoms with Crippen molar-refractivity contribution in [1.29, 1.82) is 0 Å². The van der Waals surface area contributed by atoms with E-state index >= 15 is 0 Å². The molecule has 214 valence electrons. The zero-order valence-electron chi connectivity index (χ0n) is 25.5. The number of phenolic OH excluding ortho intramolecular Hbond substituents is 2. The third kappa shape index (κ3) is 5.89. The molecule has 40 heavy (non-hydrogen) atoms. The highest BCUT2D eigenvalue weighted by atomic mass is 28.4. The topological polar surface area (TPSA) is 49.7 Å². The third-order valence-corrected chi connectivity index (χ3v) is 12.0. The lowest BCUT2D eigenvalue weighted by atomic mass is 9.78. The molecule has 0 saturated carbocycles. The van der Waals surface area contributed by atoms with Crippen molar-refractivity contribution in [1.82, 2.24) is 0 Å². The van der Waals surface area contributed by atoms with E-state index in [2.05, 4.69) is 64.2 Å². The first-order valence-electron chi connectivity index (χ1n) is 15.4. The second-order valence-corrected chi connectivity index (χ2v) is 18.2. The van der Waals surface area contributed by atoms with Crippen molar-refractivity contribution in [2.75, 3.05) is 7.11 Å². The molecule has 0 fully saturated rings. The molecule has 0 amide bonds. The molecule has 0 atom stereocenters. The molecule has 3 aromatic rings. The molecule has 0 unspecified atom stereocenters. The number of aryl methyl sites for hydroxylation is 3. The quantitative estimate of drug-likeness (QED) is 0.285. The first-order chi connectivity index (χ1) is 19.0. The van der Waals surface area contributed by atoms with E-state index < -0.39 is 8.32 Å². The lowest BCUT2D eigenvalue weighted by molar-refractivity contribution is 0.402. The summed E-state index contributed by atoms with van der Waals surface area (Å²) in [4.78, 5) is 0. The van der Waals surface area contributed by atoms with Gasteiger partial charge in [-0.3, -0.25) is 0 Å². The van der Waals surface area contributed by atoms with Gasteiger partial charge in [0.25, 0.3) is 0 Å². The molecular formula is C36H48O3Si. The molecule has 0 heterocycles. The number of aromatic hydroxyl groups is 2. The summed E-state index contributed by atoms with van der Waals surface area (Å²) in [5.74, 6) is 0.634. The molecule has 0 spiro atoms. The second kappa shape index (κ2) is 11.4. The largest absolute Gasteiger partial charge is 0.507 e. The van der Waals surface area contributed by atoms with E-state index in [4.69, 9.17) is 4.43 Å². The van der Waals surface area contributed by atoms with Gasteiger partial charge >= 0.3 is 0 Å². The predicted molar refractivity (Wildman–Crippen MR) is 170 cm³/mol. The van der Waals surface area contributed by atoms with Gasteiger partial charge < -0.3 is 14.6 Å². The molecule has 3 nitrogen and oxygen atoms in total. The van der Waals surface area contributed by atoms with E-state index in [1.54, 1.807) is 0 Å². The fourth-order valence-corrected chi connectivity index (χ4v) is 7.96. The Kier molecular flexibility index (Phi) is 8.23. The number of hydrogen-bond acceptors (Lipinski definition) is 3. The van der Waals surface area contributed by atoms with Crippen LogP contribution in [-0.2, 0) is 41.9 Å². The Balaban J connectivity index is 1.68. The molecule has 0 saturated heterocycles. The van der Waals surface area contributed by atoms with Gasteiger partial charge in [-0.05, 0) is 140 Å². The predicted octanol–water partition coefficient (Wildman–Crippen LogP) is 9.27. The molecule has 2 N–H and O–H groups in total. The van der Waals surface area contributed by atoms with Gasteiger partial charge in [0.1, 0.15) is 11.5 Å². The summed E-state index contributed by atoms with van der Waals surface area (Å²) in [6.45, 7) is 11.4. The van der Waals surface area contributed by atoms with Gasteiger partial charge in [-0.25, -0.2) is 0 Å². The Morgan fingerprint density at radius 3 is 2.12 bits per heavy atom. The number of hydrogen-bond donors (Lipinski definition) is 2. The third-order valence-electron chi connectivity index (χ3n) is 9.35. The Morgan fingerprint density at radius 2 is 1.45 bits per heavy atom. The van der Waals surface area contributed by atoms with Crippen molar-refractivity contribution in [3.63, 3.8) is 0 Å². The van der Waals surface area contributed by atoms with E-state index in [1.165, 1.54) is 46.2 Å². The van der Waals surface area contributed by atoms with Gasteiger partial charge in [0.05, 0.1) is 0 Å². The Bertz CT molecular complexity index is 1400. The maximum absolute atomic E-state index is 12.2. The number of fused-ring (bicyclic) bond motifs is 2. The van der Waals surface area contributed by atoms with Crippen LogP contribution >= 0.6 is 0 Å². The molecule has 3 aromatic carbocycles. The van der Waals surface area contributed by atoms with Crippen LogP contribution in [0.5, 0.6) is 11.5 Å². The summed E-state index contributed by atoms with van der Waals surface area (Å²) < 4.78 is 5.80. The summed E-state index contributed by atoms with van der Waals surface area (Å²) in [6.07, 6.45) is 10.7. The van der Waals surface area contributed by atoms with Gasteiger partial charge in [-0.15, -0.1) is 0 Å². The van der Waals surface area contributed by atoms with Crippen molar-refractivity contribution >= 4 is 8.32 Å². The Hall–Kier alpha value is -2.56. The van der Waals surface area contributed by atoms with Gasteiger partial charge in [-0.2, -0.15) is 0 Å². The Labute approximate surface area is 242 Å². The van der Waals surface area contributed by atoms with Crippen LogP contribution in [0.1, 0.15) is 86.3 Å². The standard InChI is InChI=1S/C36H48O3Si/c1-36(2,3)28-21-24(12-11-19-40(5,6)39-4)20-27(22-28)31-23-26-14-8-10-16-30(26)34(35(31)38)33-29-15-9-7-13-25(29)17-18-32(33)37/h17-18,20-23,37-38H,7-16,19H2,1-6H3. The van der Waals surface area contributed by atoms with Gasteiger partial charge in [0, 0.05) is 23.8 Å². The minimum absolute atomic E-state index is 0.00522. The fraction of sp³-hybridized carbons (Fsp3) is 0.500. The SMILES string of the molecule is CO[Si](C)(C)CCCc1cc(-c2cc3c(c(-c4c(O)ccc5c4CCCC5)c2O)CCCC3)cc(C(C)(C)C)c1. The number of benzene rings is 3. The summed E-state index contributed by atoms with van der Waals surface area (Å²) in [5, 5.41) is 23.4. The molecule has 0 aliphatic heterocycles. The van der Waals surface area contributed by atoms with Crippen LogP contribution in [0, 0.1) is 0 Å². The van der Waals surface area contributed by atoms with Crippen molar-refractivity contribution in [3.05, 3.63) is 69.8 Å². The molecule has 0 aromatic heterocycles. The lowest BCUT2D eigenvalue weighted by Gasteiger charge is -2.28. The van der Waals surface area contributed by atoms with E-state index in [-0.39, 0.29) is 5.41 Å². The molecule has 0 bridgehead atoms. The van der Waals surface area contributed by atoms with Crippen LogP contribution in [-0.4, -0.2) is 25.6 Å². The van der Waals surface area contributed by atoms with Crippen LogP contribution in [0.25, 0.3) is 22.3 Å².